The molecule has 0 spiro atoms. The summed E-state index contributed by atoms with van der Waals surface area (Å²) < 4.78 is 0. The number of hydrogen-bond donors (Lipinski definition) is 3. The van der Waals surface area contributed by atoms with Crippen molar-refractivity contribution in [1.82, 2.24) is 11.5 Å². The van der Waals surface area contributed by atoms with Crippen LogP contribution in [0.25, 0.3) is 5.70 Å². The molecule has 1 aliphatic carbocycles. The van der Waals surface area contributed by atoms with E-state index in [2.05, 4.69) is 43.6 Å². The van der Waals surface area contributed by atoms with Gasteiger partial charge < -0.3 is 17.2 Å². The van der Waals surface area contributed by atoms with Gasteiger partial charge in [0.1, 0.15) is 0 Å². The van der Waals surface area contributed by atoms with E-state index in [0.29, 0.717) is 5.92 Å². The minimum absolute atomic E-state index is 0. The number of nitrogens with one attached hydrogen (secondary N) is 1. The Labute approximate surface area is 141 Å². The number of nitrogens with two attached hydrogens (primary N) is 1. The molecule has 0 saturated heterocycles. The van der Waals surface area contributed by atoms with Crippen molar-refractivity contribution in [2.75, 3.05) is 7.05 Å². The summed E-state index contributed by atoms with van der Waals surface area (Å²) in [5.74, 6) is 0.395. The first-order valence-corrected chi connectivity index (χ1v) is 7.89. The smallest absolute Gasteiger partial charge is 0.0653 e. The molecule has 1 aliphatic rings. The van der Waals surface area contributed by atoms with Gasteiger partial charge in [-0.05, 0) is 23.5 Å². The summed E-state index contributed by atoms with van der Waals surface area (Å²) in [5.41, 5.74) is 12.7. The van der Waals surface area contributed by atoms with Gasteiger partial charge in [0.25, 0.3) is 0 Å². The fourth-order valence-corrected chi connectivity index (χ4v) is 2.86. The van der Waals surface area contributed by atoms with Crippen LogP contribution in [0.1, 0.15) is 44.2 Å². The van der Waals surface area contributed by atoms with Gasteiger partial charge in [-0.15, -0.1) is 0 Å². The van der Waals surface area contributed by atoms with Gasteiger partial charge in [0, 0.05) is 18.2 Å². The van der Waals surface area contributed by atoms with Crippen LogP contribution in [0.3, 0.4) is 0 Å². The van der Waals surface area contributed by atoms with Crippen LogP contribution in [-0.4, -0.2) is 7.05 Å². The number of fused-ring (bicyclic) bond motifs is 1. The van der Waals surface area contributed by atoms with Crippen molar-refractivity contribution in [1.29, 1.82) is 0 Å². The van der Waals surface area contributed by atoms with Gasteiger partial charge in [-0.25, -0.2) is 0 Å². The third-order valence-corrected chi connectivity index (χ3v) is 3.89. The van der Waals surface area contributed by atoms with Crippen LogP contribution in [0.4, 0.5) is 0 Å². The monoisotopic (exact) mass is 313 g/mol. The summed E-state index contributed by atoms with van der Waals surface area (Å²) in [7, 11) is 1.89. The number of hydrogen-bond acceptors (Lipinski definition) is 3. The Bertz CT molecular complexity index is 609. The summed E-state index contributed by atoms with van der Waals surface area (Å²) in [6.45, 7) is 14.1. The predicted molar refractivity (Wildman–Crippen MR) is 103 cm³/mol. The molecule has 126 valence electrons. The van der Waals surface area contributed by atoms with Gasteiger partial charge in [-0.3, -0.25) is 0 Å². The summed E-state index contributed by atoms with van der Waals surface area (Å²) in [4.78, 5) is 0. The lowest BCUT2D eigenvalue weighted by atomic mass is 9.83. The Hall–Kier alpha value is -2.26. The molecule has 0 heterocycles. The molecule has 0 bridgehead atoms. The normalized spacial score (nSPS) is 23.0. The Morgan fingerprint density at radius 3 is 2.30 bits per heavy atom. The number of likely N-dealkylation sites (N-methyl/N-ethyl adjacent to an activating group) is 1. The van der Waals surface area contributed by atoms with Crippen LogP contribution in [-0.2, 0) is 0 Å². The van der Waals surface area contributed by atoms with E-state index in [4.69, 9.17) is 5.73 Å². The summed E-state index contributed by atoms with van der Waals surface area (Å²) in [5, 5.41) is 3.22. The van der Waals surface area contributed by atoms with Gasteiger partial charge in [-0.2, -0.15) is 0 Å². The highest BCUT2D eigenvalue weighted by atomic mass is 14.9. The molecule has 23 heavy (non-hydrogen) atoms. The van der Waals surface area contributed by atoms with E-state index in [1.807, 2.05) is 39.1 Å². The molecule has 0 aromatic heterocycles. The molecule has 6 N–H and O–H groups in total. The first-order valence-electron chi connectivity index (χ1n) is 7.89. The highest BCUT2D eigenvalue weighted by molar-refractivity contribution is 5.74. The fourth-order valence-electron chi connectivity index (χ4n) is 2.86. The van der Waals surface area contributed by atoms with E-state index in [1.54, 1.807) is 0 Å². The largest absolute Gasteiger partial charge is 0.397 e. The van der Waals surface area contributed by atoms with Crippen molar-refractivity contribution >= 4 is 5.70 Å². The Balaban J connectivity index is 0.00000155. The van der Waals surface area contributed by atoms with E-state index in [9.17, 15) is 0 Å². The van der Waals surface area contributed by atoms with Crippen molar-refractivity contribution < 1.29 is 0 Å². The predicted octanol–water partition coefficient (Wildman–Crippen LogP) is 4.90. The molecule has 0 radical (unpaired) electrons. The van der Waals surface area contributed by atoms with Crippen LogP contribution in [0, 0.1) is 0 Å². The van der Waals surface area contributed by atoms with E-state index < -0.39 is 0 Å². The molecule has 1 unspecified atom stereocenters. The first kappa shape index (κ1) is 20.7. The van der Waals surface area contributed by atoms with Crippen molar-refractivity contribution in [3.8, 4) is 0 Å². The molecule has 2 rings (SSSR count). The van der Waals surface area contributed by atoms with Gasteiger partial charge in [0.15, 0.2) is 0 Å². The van der Waals surface area contributed by atoms with Crippen molar-refractivity contribution in [2.24, 2.45) is 5.73 Å². The molecule has 0 saturated carbocycles. The molecule has 3 nitrogen and oxygen atoms in total. The maximum absolute atomic E-state index is 6.42. The zero-order valence-electron chi connectivity index (χ0n) is 14.9. The quantitative estimate of drug-likeness (QED) is 0.743. The summed E-state index contributed by atoms with van der Waals surface area (Å²) >= 11 is 0. The van der Waals surface area contributed by atoms with Crippen molar-refractivity contribution in [3.05, 3.63) is 77.5 Å². The first-order chi connectivity index (χ1) is 10.6. The summed E-state index contributed by atoms with van der Waals surface area (Å²) in [6.07, 6.45) is 4.70. The third kappa shape index (κ3) is 4.14. The van der Waals surface area contributed by atoms with E-state index >= 15 is 0 Å². The second-order valence-corrected chi connectivity index (χ2v) is 5.08. The summed E-state index contributed by atoms with van der Waals surface area (Å²) in [6, 6.07) is 8.33. The van der Waals surface area contributed by atoms with Gasteiger partial charge in [0.2, 0.25) is 0 Å². The number of allylic oxidation sites excluding steroid dienone is 3. The van der Waals surface area contributed by atoms with E-state index in [0.717, 1.165) is 29.0 Å². The molecule has 1 aromatic rings. The number of rotatable bonds is 3. The minimum Gasteiger partial charge on any atom is -0.397 e. The molecule has 3 heteroatoms. The highest BCUT2D eigenvalue weighted by Gasteiger charge is 2.21. The lowest BCUT2D eigenvalue weighted by Gasteiger charge is -2.25. The number of benzene rings is 1. The van der Waals surface area contributed by atoms with Crippen LogP contribution >= 0.6 is 0 Å². The Morgan fingerprint density at radius 2 is 1.78 bits per heavy atom. The minimum atomic E-state index is 0. The van der Waals surface area contributed by atoms with Crippen LogP contribution in [0.2, 0.25) is 0 Å². The third-order valence-electron chi connectivity index (χ3n) is 3.89. The average Bonchev–Trinajstić information content (AvgIpc) is 2.58. The van der Waals surface area contributed by atoms with E-state index in [1.165, 1.54) is 11.1 Å². The molecule has 1 aromatic carbocycles. The maximum atomic E-state index is 6.42. The molecular formula is C20H31N3. The lowest BCUT2D eigenvalue weighted by molar-refractivity contribution is 0.751. The van der Waals surface area contributed by atoms with Crippen LogP contribution in [0.5, 0.6) is 0 Å². The second-order valence-electron chi connectivity index (χ2n) is 5.08. The Kier molecular flexibility index (Phi) is 8.74. The fraction of sp³-hybridized carbons (Fsp3) is 0.300. The topological polar surface area (TPSA) is 73.0 Å². The van der Waals surface area contributed by atoms with Crippen LogP contribution < -0.4 is 17.2 Å². The molecule has 0 fully saturated rings. The highest BCUT2D eigenvalue weighted by Crippen LogP contribution is 2.35. The maximum Gasteiger partial charge on any atom is 0.0653 e. The van der Waals surface area contributed by atoms with Gasteiger partial charge in [-0.1, -0.05) is 70.3 Å². The second kappa shape index (κ2) is 9.70. The lowest BCUT2D eigenvalue weighted by Crippen LogP contribution is -2.19. The Morgan fingerprint density at radius 1 is 1.17 bits per heavy atom. The SMILES string of the molecule is C=C/C1=C(C=C)/C(NC)=C(/N)c2ccccc2C(C)C1.CC.N. The van der Waals surface area contributed by atoms with Crippen molar-refractivity contribution in [3.63, 3.8) is 0 Å². The zero-order valence-corrected chi connectivity index (χ0v) is 14.9. The molecule has 1 atom stereocenters. The van der Waals surface area contributed by atoms with Gasteiger partial charge in [0.05, 0.1) is 11.4 Å². The standard InChI is InChI=1S/C18H22N2.C2H6.H3N/c1-5-13-11-12(3)15-9-7-8-10-16(15)17(19)18(20-4)14(13)6-2;1-2;/h5-10,12,20H,1-2,11,19H2,3-4H3;1-2H3;1H3/b14-13-,18-17-;;. The molecular weight excluding hydrogens is 282 g/mol. The van der Waals surface area contributed by atoms with Crippen molar-refractivity contribution in [2.45, 2.75) is 33.1 Å². The van der Waals surface area contributed by atoms with Crippen LogP contribution in [0.15, 0.2) is 66.4 Å². The average molecular weight is 313 g/mol. The molecule has 0 amide bonds. The molecule has 0 aliphatic heterocycles. The van der Waals surface area contributed by atoms with E-state index in [-0.39, 0.29) is 6.15 Å². The zero-order chi connectivity index (χ0) is 16.7. The van der Waals surface area contributed by atoms with Gasteiger partial charge >= 0.3 is 0 Å².